The van der Waals surface area contributed by atoms with Gasteiger partial charge in [0.1, 0.15) is 0 Å². The number of carbonyl (C=O) groups is 1. The van der Waals surface area contributed by atoms with Gasteiger partial charge < -0.3 is 9.88 Å². The van der Waals surface area contributed by atoms with Gasteiger partial charge in [0.05, 0.1) is 17.0 Å². The number of hydrogen-bond donors (Lipinski definition) is 1. The summed E-state index contributed by atoms with van der Waals surface area (Å²) in [6.45, 7) is 4.01. The van der Waals surface area contributed by atoms with Gasteiger partial charge in [0.2, 0.25) is 0 Å². The number of amides is 1. The Labute approximate surface area is 161 Å². The number of nitrogens with one attached hydrogen (secondary N) is 1. The van der Waals surface area contributed by atoms with Crippen LogP contribution in [-0.2, 0) is 6.54 Å². The summed E-state index contributed by atoms with van der Waals surface area (Å²) in [4.78, 5) is 35.2. The third kappa shape index (κ3) is 4.32. The van der Waals surface area contributed by atoms with Crippen molar-refractivity contribution in [2.45, 2.75) is 20.4 Å². The highest BCUT2D eigenvalue weighted by atomic mass is 16.6. The predicted octanol–water partition coefficient (Wildman–Crippen LogP) is 3.67. The van der Waals surface area contributed by atoms with Gasteiger partial charge in [0.15, 0.2) is 0 Å². The van der Waals surface area contributed by atoms with Crippen molar-refractivity contribution in [3.63, 3.8) is 0 Å². The van der Waals surface area contributed by atoms with E-state index in [0.29, 0.717) is 16.8 Å². The molecule has 0 spiro atoms. The summed E-state index contributed by atoms with van der Waals surface area (Å²) >= 11 is 0. The Hall–Kier alpha value is -3.74. The van der Waals surface area contributed by atoms with E-state index in [0.717, 1.165) is 11.1 Å². The van der Waals surface area contributed by atoms with Crippen LogP contribution in [0.1, 0.15) is 27.0 Å². The smallest absolute Gasteiger partial charge is 0.269 e. The maximum Gasteiger partial charge on any atom is 0.269 e. The number of rotatable bonds is 5. The summed E-state index contributed by atoms with van der Waals surface area (Å²) in [6.07, 6.45) is 1.46. The van der Waals surface area contributed by atoms with Gasteiger partial charge in [-0.05, 0) is 37.1 Å². The van der Waals surface area contributed by atoms with Gasteiger partial charge in [-0.25, -0.2) is 0 Å². The fraction of sp³-hybridized carbons (Fsp3) is 0.143. The van der Waals surface area contributed by atoms with Gasteiger partial charge in [0.25, 0.3) is 17.2 Å². The third-order valence-electron chi connectivity index (χ3n) is 4.35. The first-order valence-electron chi connectivity index (χ1n) is 8.66. The number of nitrogens with zero attached hydrogens (tertiary/aromatic N) is 2. The first-order chi connectivity index (χ1) is 13.3. The maximum atomic E-state index is 12.6. The lowest BCUT2D eigenvalue weighted by Gasteiger charge is -2.11. The molecule has 1 heterocycles. The monoisotopic (exact) mass is 377 g/mol. The van der Waals surface area contributed by atoms with Crippen molar-refractivity contribution < 1.29 is 9.72 Å². The second-order valence-electron chi connectivity index (χ2n) is 6.58. The van der Waals surface area contributed by atoms with Crippen LogP contribution >= 0.6 is 0 Å². The molecule has 3 rings (SSSR count). The van der Waals surface area contributed by atoms with Crippen LogP contribution in [-0.4, -0.2) is 15.4 Å². The van der Waals surface area contributed by atoms with E-state index >= 15 is 0 Å². The minimum atomic E-state index is -0.486. The fourth-order valence-corrected chi connectivity index (χ4v) is 2.90. The highest BCUT2D eigenvalue weighted by molar-refractivity contribution is 6.04. The first kappa shape index (κ1) is 19.0. The van der Waals surface area contributed by atoms with Gasteiger partial charge in [-0.2, -0.15) is 0 Å². The first-order valence-corrected chi connectivity index (χ1v) is 8.66. The van der Waals surface area contributed by atoms with E-state index in [2.05, 4.69) is 5.32 Å². The number of aromatic nitrogens is 1. The van der Waals surface area contributed by atoms with Gasteiger partial charge >= 0.3 is 0 Å². The molecule has 0 aliphatic heterocycles. The predicted molar refractivity (Wildman–Crippen MR) is 107 cm³/mol. The molecule has 7 nitrogen and oxygen atoms in total. The Bertz CT molecular complexity index is 1120. The molecule has 0 atom stereocenters. The van der Waals surface area contributed by atoms with E-state index in [-0.39, 0.29) is 23.7 Å². The molecular formula is C21H19N3O4. The van der Waals surface area contributed by atoms with Crippen molar-refractivity contribution in [2.24, 2.45) is 0 Å². The number of carbonyl (C=O) groups excluding carboxylic acids is 1. The summed E-state index contributed by atoms with van der Waals surface area (Å²) in [5.74, 6) is -0.334. The van der Waals surface area contributed by atoms with Crippen molar-refractivity contribution in [3.8, 4) is 0 Å². The van der Waals surface area contributed by atoms with E-state index in [1.54, 1.807) is 12.1 Å². The summed E-state index contributed by atoms with van der Waals surface area (Å²) in [6, 6.07) is 14.6. The third-order valence-corrected chi connectivity index (χ3v) is 4.35. The lowest BCUT2D eigenvalue weighted by Crippen LogP contribution is -2.22. The Kier molecular flexibility index (Phi) is 5.35. The molecule has 142 valence electrons. The SMILES string of the molecule is Cc1ccc(NC(=O)c2ccc(=O)n(Cc3cccc([N+](=O)[O-])c3)c2)c(C)c1. The summed E-state index contributed by atoms with van der Waals surface area (Å²) in [5, 5.41) is 13.8. The Morgan fingerprint density at radius 1 is 1.11 bits per heavy atom. The van der Waals surface area contributed by atoms with Crippen molar-refractivity contribution in [3.05, 3.63) is 104 Å². The quantitative estimate of drug-likeness (QED) is 0.542. The molecule has 0 aliphatic rings. The number of nitro groups is 1. The van der Waals surface area contributed by atoms with E-state index in [1.165, 1.54) is 35.0 Å². The molecule has 0 radical (unpaired) electrons. The second-order valence-corrected chi connectivity index (χ2v) is 6.58. The molecule has 28 heavy (non-hydrogen) atoms. The van der Waals surface area contributed by atoms with Crippen molar-refractivity contribution in [1.29, 1.82) is 0 Å². The lowest BCUT2D eigenvalue weighted by molar-refractivity contribution is -0.384. The molecule has 0 aliphatic carbocycles. The Balaban J connectivity index is 1.84. The molecule has 1 aromatic heterocycles. The molecule has 3 aromatic rings. The Morgan fingerprint density at radius 2 is 1.89 bits per heavy atom. The molecule has 0 fully saturated rings. The molecule has 1 amide bonds. The number of aryl methyl sites for hydroxylation is 2. The zero-order valence-electron chi connectivity index (χ0n) is 15.5. The van der Waals surface area contributed by atoms with Crippen LogP contribution < -0.4 is 10.9 Å². The number of non-ortho nitro benzene ring substituents is 1. The largest absolute Gasteiger partial charge is 0.322 e. The normalized spacial score (nSPS) is 10.5. The molecule has 2 aromatic carbocycles. The minimum Gasteiger partial charge on any atom is -0.322 e. The van der Waals surface area contributed by atoms with Crippen LogP contribution in [0.2, 0.25) is 0 Å². The van der Waals surface area contributed by atoms with Gasteiger partial charge in [-0.1, -0.05) is 29.8 Å². The van der Waals surface area contributed by atoms with Crippen LogP contribution in [0, 0.1) is 24.0 Å². The Morgan fingerprint density at radius 3 is 2.61 bits per heavy atom. The topological polar surface area (TPSA) is 94.2 Å². The van der Waals surface area contributed by atoms with Crippen LogP contribution in [0.25, 0.3) is 0 Å². The van der Waals surface area contributed by atoms with E-state index in [1.807, 2.05) is 32.0 Å². The highest BCUT2D eigenvalue weighted by Gasteiger charge is 2.11. The van der Waals surface area contributed by atoms with Gasteiger partial charge in [-0.3, -0.25) is 19.7 Å². The van der Waals surface area contributed by atoms with Crippen LogP contribution in [0.15, 0.2) is 65.6 Å². The van der Waals surface area contributed by atoms with Gasteiger partial charge in [0, 0.05) is 30.1 Å². The van der Waals surface area contributed by atoms with E-state index < -0.39 is 4.92 Å². The average Bonchev–Trinajstić information content (AvgIpc) is 2.66. The summed E-state index contributed by atoms with van der Waals surface area (Å²) < 4.78 is 1.36. The molecule has 0 unspecified atom stereocenters. The summed E-state index contributed by atoms with van der Waals surface area (Å²) in [5.41, 5.74) is 3.32. The molecule has 0 bridgehead atoms. The van der Waals surface area contributed by atoms with E-state index in [4.69, 9.17) is 0 Å². The number of anilines is 1. The molecule has 0 saturated carbocycles. The summed E-state index contributed by atoms with van der Waals surface area (Å²) in [7, 11) is 0. The van der Waals surface area contributed by atoms with E-state index in [9.17, 15) is 19.7 Å². The number of nitro benzene ring substituents is 1. The number of pyridine rings is 1. The molecule has 7 heteroatoms. The van der Waals surface area contributed by atoms with Crippen LogP contribution in [0.4, 0.5) is 11.4 Å². The highest BCUT2D eigenvalue weighted by Crippen LogP contribution is 2.17. The zero-order valence-corrected chi connectivity index (χ0v) is 15.5. The zero-order chi connectivity index (χ0) is 20.3. The maximum absolute atomic E-state index is 12.6. The average molecular weight is 377 g/mol. The number of benzene rings is 2. The van der Waals surface area contributed by atoms with Crippen LogP contribution in [0.5, 0.6) is 0 Å². The standard InChI is InChI=1S/C21H19N3O4/c1-14-6-8-19(15(2)10-14)22-21(26)17-7-9-20(25)23(13-17)12-16-4-3-5-18(11-16)24(27)28/h3-11,13H,12H2,1-2H3,(H,22,26). The molecule has 0 saturated heterocycles. The fourth-order valence-electron chi connectivity index (χ4n) is 2.90. The van der Waals surface area contributed by atoms with Crippen molar-refractivity contribution >= 4 is 17.3 Å². The second kappa shape index (κ2) is 7.87. The van der Waals surface area contributed by atoms with Crippen molar-refractivity contribution in [1.82, 2.24) is 4.57 Å². The molecular weight excluding hydrogens is 358 g/mol. The lowest BCUT2D eigenvalue weighted by atomic mass is 10.1. The van der Waals surface area contributed by atoms with Gasteiger partial charge in [-0.15, -0.1) is 0 Å². The molecule has 1 N–H and O–H groups in total. The minimum absolute atomic E-state index is 0.0470. The van der Waals surface area contributed by atoms with Crippen molar-refractivity contribution in [2.75, 3.05) is 5.32 Å². The van der Waals surface area contributed by atoms with Crippen LogP contribution in [0.3, 0.4) is 0 Å². The number of hydrogen-bond acceptors (Lipinski definition) is 4.